The summed E-state index contributed by atoms with van der Waals surface area (Å²) in [5.74, 6) is 1.86. The van der Waals surface area contributed by atoms with E-state index in [2.05, 4.69) is 10.4 Å². The molecule has 0 atom stereocenters. The first kappa shape index (κ1) is 16.2. The van der Waals surface area contributed by atoms with Gasteiger partial charge in [0.15, 0.2) is 5.69 Å². The van der Waals surface area contributed by atoms with Crippen LogP contribution in [0.1, 0.15) is 48.3 Å². The van der Waals surface area contributed by atoms with E-state index in [9.17, 15) is 18.0 Å². The number of nitrogens with zero attached hydrogens (tertiary/aromatic N) is 2. The van der Waals surface area contributed by atoms with Crippen LogP contribution in [0.25, 0.3) is 0 Å². The standard InChI is InChI=1S/C16H19ClF3N3O/c1-23-13(11(17)14(22-23)16(18,19)20)15(24)21-12-9-3-7-2-8(5-9)6-10(12)4-7/h7-10,12H,2-6H2,1H3,(H,21,24). The highest BCUT2D eigenvalue weighted by Gasteiger charge is 2.49. The van der Waals surface area contributed by atoms with E-state index >= 15 is 0 Å². The second-order valence-electron chi connectivity index (χ2n) is 7.56. The van der Waals surface area contributed by atoms with Gasteiger partial charge in [-0.05, 0) is 55.8 Å². The minimum absolute atomic E-state index is 0.0469. The van der Waals surface area contributed by atoms with E-state index in [1.165, 1.54) is 13.5 Å². The zero-order valence-corrected chi connectivity index (χ0v) is 14.0. The van der Waals surface area contributed by atoms with Crippen LogP contribution in [0.5, 0.6) is 0 Å². The minimum Gasteiger partial charge on any atom is -0.347 e. The predicted molar refractivity (Wildman–Crippen MR) is 81.5 cm³/mol. The summed E-state index contributed by atoms with van der Waals surface area (Å²) in [6.07, 6.45) is 1.09. The molecule has 1 aromatic heterocycles. The average molecular weight is 362 g/mol. The quantitative estimate of drug-likeness (QED) is 0.874. The first-order chi connectivity index (χ1) is 11.2. The third-order valence-corrected chi connectivity index (χ3v) is 6.36. The zero-order chi connectivity index (χ0) is 17.2. The SMILES string of the molecule is Cn1nc(C(F)(F)F)c(Cl)c1C(=O)NC1C2CC3CC(C2)CC1C3. The Labute approximate surface area is 142 Å². The molecule has 1 heterocycles. The largest absolute Gasteiger partial charge is 0.436 e. The van der Waals surface area contributed by atoms with Crippen molar-refractivity contribution < 1.29 is 18.0 Å². The predicted octanol–water partition coefficient (Wildman–Crippen LogP) is 3.65. The Kier molecular flexibility index (Phi) is 3.64. The van der Waals surface area contributed by atoms with Gasteiger partial charge in [-0.25, -0.2) is 0 Å². The molecular weight excluding hydrogens is 343 g/mol. The average Bonchev–Trinajstić information content (AvgIpc) is 2.77. The number of carbonyl (C=O) groups excluding carboxylic acids is 1. The normalized spacial score (nSPS) is 34.6. The van der Waals surface area contributed by atoms with Crippen molar-refractivity contribution in [3.63, 3.8) is 0 Å². The van der Waals surface area contributed by atoms with Gasteiger partial charge >= 0.3 is 6.18 Å². The lowest BCUT2D eigenvalue weighted by atomic mass is 9.54. The maximum Gasteiger partial charge on any atom is 0.436 e. The summed E-state index contributed by atoms with van der Waals surface area (Å²) in [7, 11) is 1.31. The fourth-order valence-electron chi connectivity index (χ4n) is 5.31. The molecule has 0 aromatic carbocycles. The molecule has 4 nitrogen and oxygen atoms in total. The smallest absolute Gasteiger partial charge is 0.347 e. The Morgan fingerprint density at radius 2 is 1.71 bits per heavy atom. The van der Waals surface area contributed by atoms with Gasteiger partial charge in [0.05, 0.1) is 0 Å². The monoisotopic (exact) mass is 361 g/mol. The van der Waals surface area contributed by atoms with E-state index in [0.29, 0.717) is 11.8 Å². The van der Waals surface area contributed by atoms with Gasteiger partial charge in [0, 0.05) is 13.1 Å². The second-order valence-corrected chi connectivity index (χ2v) is 7.94. The molecule has 0 aliphatic heterocycles. The van der Waals surface area contributed by atoms with E-state index in [1.54, 1.807) is 0 Å². The van der Waals surface area contributed by atoms with Crippen molar-refractivity contribution >= 4 is 17.5 Å². The summed E-state index contributed by atoms with van der Waals surface area (Å²) in [5, 5.41) is 5.74. The van der Waals surface area contributed by atoms with Gasteiger partial charge in [0.1, 0.15) is 10.7 Å². The number of nitrogens with one attached hydrogen (secondary N) is 1. The highest BCUT2D eigenvalue weighted by Crippen LogP contribution is 2.53. The minimum atomic E-state index is -4.67. The molecule has 132 valence electrons. The van der Waals surface area contributed by atoms with Crippen LogP contribution < -0.4 is 5.32 Å². The lowest BCUT2D eigenvalue weighted by Crippen LogP contribution is -2.56. The van der Waals surface area contributed by atoms with Crippen molar-refractivity contribution in [3.05, 3.63) is 16.4 Å². The van der Waals surface area contributed by atoms with Crippen LogP contribution in [0, 0.1) is 23.7 Å². The van der Waals surface area contributed by atoms with Gasteiger partial charge in [-0.2, -0.15) is 18.3 Å². The van der Waals surface area contributed by atoms with Crippen molar-refractivity contribution in [1.82, 2.24) is 15.1 Å². The van der Waals surface area contributed by atoms with Crippen molar-refractivity contribution in [3.8, 4) is 0 Å². The van der Waals surface area contributed by atoms with Crippen LogP contribution in [0.15, 0.2) is 0 Å². The molecular formula is C16H19ClF3N3O. The zero-order valence-electron chi connectivity index (χ0n) is 13.2. The van der Waals surface area contributed by atoms with E-state index in [-0.39, 0.29) is 11.7 Å². The van der Waals surface area contributed by atoms with E-state index in [4.69, 9.17) is 11.6 Å². The van der Waals surface area contributed by atoms with Gasteiger partial charge in [-0.3, -0.25) is 9.48 Å². The molecule has 4 aliphatic carbocycles. The summed E-state index contributed by atoms with van der Waals surface area (Å²) in [6, 6.07) is 0.0469. The van der Waals surface area contributed by atoms with Crippen molar-refractivity contribution in [2.24, 2.45) is 30.7 Å². The number of rotatable bonds is 2. The molecule has 0 saturated heterocycles. The summed E-state index contributed by atoms with van der Waals surface area (Å²) in [6.45, 7) is 0. The van der Waals surface area contributed by atoms with Gasteiger partial charge in [0.25, 0.3) is 5.91 Å². The van der Waals surface area contributed by atoms with E-state index < -0.39 is 22.8 Å². The Hall–Kier alpha value is -1.24. The van der Waals surface area contributed by atoms with Gasteiger partial charge in [-0.1, -0.05) is 11.6 Å². The molecule has 5 rings (SSSR count). The van der Waals surface area contributed by atoms with Crippen molar-refractivity contribution in [2.45, 2.75) is 44.3 Å². The Morgan fingerprint density at radius 1 is 1.17 bits per heavy atom. The maximum atomic E-state index is 12.9. The van der Waals surface area contributed by atoms with Crippen LogP contribution in [-0.2, 0) is 13.2 Å². The highest BCUT2D eigenvalue weighted by molar-refractivity contribution is 6.34. The van der Waals surface area contributed by atoms with E-state index in [0.717, 1.165) is 42.2 Å². The highest BCUT2D eigenvalue weighted by atomic mass is 35.5. The maximum absolute atomic E-state index is 12.9. The lowest BCUT2D eigenvalue weighted by Gasteiger charge is -2.54. The van der Waals surface area contributed by atoms with E-state index in [1.807, 2.05) is 0 Å². The number of aromatic nitrogens is 2. The van der Waals surface area contributed by atoms with Crippen molar-refractivity contribution in [2.75, 3.05) is 0 Å². The van der Waals surface area contributed by atoms with Crippen LogP contribution in [0.2, 0.25) is 5.02 Å². The summed E-state index contributed by atoms with van der Waals surface area (Å²) in [5.41, 5.74) is -1.42. The summed E-state index contributed by atoms with van der Waals surface area (Å²) >= 11 is 5.81. The summed E-state index contributed by atoms with van der Waals surface area (Å²) < 4.78 is 39.7. The molecule has 4 fully saturated rings. The Balaban J connectivity index is 1.56. The van der Waals surface area contributed by atoms with Crippen LogP contribution in [-0.4, -0.2) is 21.7 Å². The van der Waals surface area contributed by atoms with Crippen LogP contribution >= 0.6 is 11.6 Å². The number of aryl methyl sites for hydroxylation is 1. The van der Waals surface area contributed by atoms with Crippen molar-refractivity contribution in [1.29, 1.82) is 0 Å². The first-order valence-electron chi connectivity index (χ1n) is 8.34. The molecule has 24 heavy (non-hydrogen) atoms. The Bertz CT molecular complexity index is 657. The fraction of sp³-hybridized carbons (Fsp3) is 0.750. The molecule has 4 saturated carbocycles. The fourth-order valence-corrected chi connectivity index (χ4v) is 5.66. The Morgan fingerprint density at radius 3 is 2.17 bits per heavy atom. The van der Waals surface area contributed by atoms with Crippen LogP contribution in [0.4, 0.5) is 13.2 Å². The second kappa shape index (κ2) is 5.38. The third kappa shape index (κ3) is 2.52. The topological polar surface area (TPSA) is 46.9 Å². The number of carbonyl (C=O) groups is 1. The van der Waals surface area contributed by atoms with Gasteiger partial charge in [0.2, 0.25) is 0 Å². The number of hydrogen-bond donors (Lipinski definition) is 1. The molecule has 1 N–H and O–H groups in total. The molecule has 0 spiro atoms. The molecule has 8 heteroatoms. The molecule has 0 radical (unpaired) electrons. The third-order valence-electron chi connectivity index (χ3n) is 6.00. The number of alkyl halides is 3. The molecule has 1 aromatic rings. The molecule has 4 aliphatic rings. The van der Waals surface area contributed by atoms with Gasteiger partial charge in [-0.15, -0.1) is 0 Å². The summed E-state index contributed by atoms with van der Waals surface area (Å²) in [4.78, 5) is 12.6. The first-order valence-corrected chi connectivity index (χ1v) is 8.72. The molecule has 0 unspecified atom stereocenters. The van der Waals surface area contributed by atoms with Gasteiger partial charge < -0.3 is 5.32 Å². The lowest BCUT2D eigenvalue weighted by molar-refractivity contribution is -0.141. The van der Waals surface area contributed by atoms with Crippen LogP contribution in [0.3, 0.4) is 0 Å². The number of amides is 1. The molecule has 1 amide bonds. The number of hydrogen-bond acceptors (Lipinski definition) is 2. The number of halogens is 4. The molecule has 4 bridgehead atoms.